The van der Waals surface area contributed by atoms with Crippen molar-refractivity contribution in [1.82, 2.24) is 0 Å². The fourth-order valence-electron chi connectivity index (χ4n) is 1.49. The molecule has 16 heavy (non-hydrogen) atoms. The van der Waals surface area contributed by atoms with Crippen molar-refractivity contribution >= 4 is 12.1 Å². The summed E-state index contributed by atoms with van der Waals surface area (Å²) in [5.74, 6) is -0.851. The zero-order valence-electron chi connectivity index (χ0n) is 9.06. The molecule has 0 aliphatic carbocycles. The van der Waals surface area contributed by atoms with Crippen molar-refractivity contribution in [2.45, 2.75) is 26.2 Å². The summed E-state index contributed by atoms with van der Waals surface area (Å²) in [4.78, 5) is 22.5. The maximum absolute atomic E-state index is 11.7. The number of unbranched alkanes of at least 4 members (excludes halogenated alkanes) is 1. The van der Waals surface area contributed by atoms with E-state index >= 15 is 0 Å². The van der Waals surface area contributed by atoms with Crippen molar-refractivity contribution in [2.75, 3.05) is 0 Å². The van der Waals surface area contributed by atoms with E-state index in [1.54, 1.807) is 0 Å². The number of ketones is 1. The molecule has 1 rings (SSSR count). The van der Waals surface area contributed by atoms with E-state index in [0.717, 1.165) is 12.5 Å². The lowest BCUT2D eigenvalue weighted by atomic mass is 9.99. The predicted octanol–water partition coefficient (Wildman–Crippen LogP) is 2.28. The Morgan fingerprint density at radius 2 is 2.06 bits per heavy atom. The molecule has 0 saturated heterocycles. The number of phenols is 2. The van der Waals surface area contributed by atoms with Crippen LogP contribution in [0.5, 0.6) is 11.5 Å². The first-order chi connectivity index (χ1) is 7.60. The largest absolute Gasteiger partial charge is 0.508 e. The summed E-state index contributed by atoms with van der Waals surface area (Å²) < 4.78 is 0. The van der Waals surface area contributed by atoms with E-state index in [2.05, 4.69) is 0 Å². The summed E-state index contributed by atoms with van der Waals surface area (Å²) in [6, 6.07) is 2.23. The number of carbonyl (C=O) groups excluding carboxylic acids is 2. The second-order valence-corrected chi connectivity index (χ2v) is 3.57. The van der Waals surface area contributed by atoms with Crippen molar-refractivity contribution in [2.24, 2.45) is 0 Å². The normalized spacial score (nSPS) is 10.1. The van der Waals surface area contributed by atoms with Gasteiger partial charge in [0.25, 0.3) is 0 Å². The molecule has 0 bridgehead atoms. The van der Waals surface area contributed by atoms with Crippen molar-refractivity contribution in [3.8, 4) is 11.5 Å². The van der Waals surface area contributed by atoms with E-state index in [1.165, 1.54) is 6.07 Å². The van der Waals surface area contributed by atoms with Crippen LogP contribution in [0.3, 0.4) is 0 Å². The summed E-state index contributed by atoms with van der Waals surface area (Å²) in [7, 11) is 0. The van der Waals surface area contributed by atoms with Gasteiger partial charge in [0.1, 0.15) is 11.5 Å². The molecule has 0 radical (unpaired) electrons. The third-order valence-electron chi connectivity index (χ3n) is 2.30. The number of carbonyl (C=O) groups is 2. The first kappa shape index (κ1) is 12.2. The van der Waals surface area contributed by atoms with Crippen LogP contribution < -0.4 is 0 Å². The Balaban J connectivity index is 3.11. The zero-order valence-corrected chi connectivity index (χ0v) is 9.06. The lowest BCUT2D eigenvalue weighted by Crippen LogP contribution is -2.03. The Kier molecular flexibility index (Phi) is 4.05. The highest BCUT2D eigenvalue weighted by atomic mass is 16.3. The minimum atomic E-state index is -0.344. The summed E-state index contributed by atoms with van der Waals surface area (Å²) >= 11 is 0. The maximum Gasteiger partial charge on any atom is 0.167 e. The molecule has 0 fully saturated rings. The van der Waals surface area contributed by atoms with Crippen LogP contribution in [0.15, 0.2) is 12.1 Å². The van der Waals surface area contributed by atoms with E-state index in [0.29, 0.717) is 12.7 Å². The van der Waals surface area contributed by atoms with Gasteiger partial charge in [-0.15, -0.1) is 0 Å². The third kappa shape index (κ3) is 2.59. The molecule has 1 aromatic rings. The summed E-state index contributed by atoms with van der Waals surface area (Å²) in [5.41, 5.74) is 0.0276. The first-order valence-electron chi connectivity index (χ1n) is 5.14. The monoisotopic (exact) mass is 222 g/mol. The highest BCUT2D eigenvalue weighted by Gasteiger charge is 2.16. The average Bonchev–Trinajstić information content (AvgIpc) is 2.24. The van der Waals surface area contributed by atoms with Gasteiger partial charge in [-0.2, -0.15) is 0 Å². The molecular weight excluding hydrogens is 208 g/mol. The Hall–Kier alpha value is -1.84. The van der Waals surface area contributed by atoms with Gasteiger partial charge < -0.3 is 10.2 Å². The van der Waals surface area contributed by atoms with E-state index in [9.17, 15) is 19.8 Å². The molecule has 0 spiro atoms. The number of hydrogen-bond acceptors (Lipinski definition) is 4. The van der Waals surface area contributed by atoms with E-state index < -0.39 is 0 Å². The minimum Gasteiger partial charge on any atom is -0.508 e. The molecule has 0 aromatic heterocycles. The fraction of sp³-hybridized carbons (Fsp3) is 0.333. The van der Waals surface area contributed by atoms with Crippen molar-refractivity contribution in [1.29, 1.82) is 0 Å². The highest BCUT2D eigenvalue weighted by molar-refractivity contribution is 6.05. The summed E-state index contributed by atoms with van der Waals surface area (Å²) in [5, 5.41) is 18.7. The minimum absolute atomic E-state index is 0.00116. The smallest absolute Gasteiger partial charge is 0.167 e. The van der Waals surface area contributed by atoms with Gasteiger partial charge in [0.2, 0.25) is 0 Å². The van der Waals surface area contributed by atoms with E-state index in [-0.39, 0.29) is 34.8 Å². The molecule has 1 aromatic carbocycles. The van der Waals surface area contributed by atoms with Crippen LogP contribution in [0.1, 0.15) is 46.9 Å². The quantitative estimate of drug-likeness (QED) is 0.592. The lowest BCUT2D eigenvalue weighted by molar-refractivity contribution is 0.0970. The van der Waals surface area contributed by atoms with Crippen LogP contribution in [0.4, 0.5) is 0 Å². The maximum atomic E-state index is 11.7. The first-order valence-corrected chi connectivity index (χ1v) is 5.14. The number of rotatable bonds is 5. The molecule has 0 saturated carbocycles. The van der Waals surface area contributed by atoms with Crippen LogP contribution in [0.25, 0.3) is 0 Å². The van der Waals surface area contributed by atoms with Crippen LogP contribution in [0, 0.1) is 0 Å². The van der Waals surface area contributed by atoms with Crippen LogP contribution in [0.2, 0.25) is 0 Å². The van der Waals surface area contributed by atoms with Crippen LogP contribution >= 0.6 is 0 Å². The van der Waals surface area contributed by atoms with Gasteiger partial charge in [0.05, 0.1) is 5.56 Å². The molecule has 0 unspecified atom stereocenters. The van der Waals surface area contributed by atoms with Crippen LogP contribution in [-0.2, 0) is 0 Å². The fourth-order valence-corrected chi connectivity index (χ4v) is 1.49. The number of phenolic OH excluding ortho intramolecular Hbond substituents is 2. The summed E-state index contributed by atoms with van der Waals surface area (Å²) in [6.07, 6.45) is 2.31. The number of Topliss-reactive ketones (excluding diaryl/α,β-unsaturated/α-hetero) is 1. The van der Waals surface area contributed by atoms with Crippen LogP contribution in [-0.4, -0.2) is 22.3 Å². The Labute approximate surface area is 93.5 Å². The molecule has 4 nitrogen and oxygen atoms in total. The van der Waals surface area contributed by atoms with Crippen molar-refractivity contribution in [3.05, 3.63) is 23.3 Å². The molecular formula is C12H14O4. The van der Waals surface area contributed by atoms with Gasteiger partial charge in [-0.3, -0.25) is 9.59 Å². The lowest BCUT2D eigenvalue weighted by Gasteiger charge is -2.07. The molecule has 2 N–H and O–H groups in total. The number of aldehydes is 1. The standard InChI is InChI=1S/C12H14O4/c1-2-3-4-10(15)12-8(7-13)5-9(14)6-11(12)16/h5-7,14,16H,2-4H2,1H3. The molecule has 0 heterocycles. The molecule has 0 aliphatic rings. The third-order valence-corrected chi connectivity index (χ3v) is 2.30. The van der Waals surface area contributed by atoms with Gasteiger partial charge in [-0.05, 0) is 12.5 Å². The van der Waals surface area contributed by atoms with Crippen molar-refractivity contribution < 1.29 is 19.8 Å². The highest BCUT2D eigenvalue weighted by Crippen LogP contribution is 2.27. The SMILES string of the molecule is CCCCC(=O)c1c(O)cc(O)cc1C=O. The number of aromatic hydroxyl groups is 2. The summed E-state index contributed by atoms with van der Waals surface area (Å²) in [6.45, 7) is 1.95. The second-order valence-electron chi connectivity index (χ2n) is 3.57. The van der Waals surface area contributed by atoms with Gasteiger partial charge in [-0.1, -0.05) is 13.3 Å². The number of benzene rings is 1. The number of hydrogen-bond donors (Lipinski definition) is 2. The Morgan fingerprint density at radius 3 is 2.62 bits per heavy atom. The molecule has 0 aliphatic heterocycles. The topological polar surface area (TPSA) is 74.6 Å². The van der Waals surface area contributed by atoms with Gasteiger partial charge in [0.15, 0.2) is 12.1 Å². The molecule has 0 atom stereocenters. The van der Waals surface area contributed by atoms with Gasteiger partial charge in [0, 0.05) is 18.1 Å². The Bertz CT molecular complexity index is 410. The molecule has 86 valence electrons. The molecule has 4 heteroatoms. The van der Waals surface area contributed by atoms with E-state index in [1.807, 2.05) is 6.92 Å². The Morgan fingerprint density at radius 1 is 1.38 bits per heavy atom. The second kappa shape index (κ2) is 5.30. The van der Waals surface area contributed by atoms with Crippen molar-refractivity contribution in [3.63, 3.8) is 0 Å². The van der Waals surface area contributed by atoms with E-state index in [4.69, 9.17) is 0 Å². The predicted molar refractivity (Wildman–Crippen MR) is 59.0 cm³/mol. The molecule has 0 amide bonds. The average molecular weight is 222 g/mol. The zero-order chi connectivity index (χ0) is 12.1. The van der Waals surface area contributed by atoms with Gasteiger partial charge >= 0.3 is 0 Å². The van der Waals surface area contributed by atoms with Gasteiger partial charge in [-0.25, -0.2) is 0 Å².